The molecule has 3 aromatic rings. The molecule has 0 radical (unpaired) electrons. The Morgan fingerprint density at radius 3 is 2.42 bits per heavy atom. The molecule has 1 aromatic carbocycles. The first kappa shape index (κ1) is 23.0. The van der Waals surface area contributed by atoms with Crippen LogP contribution in [0, 0.1) is 6.92 Å². The third-order valence-corrected chi connectivity index (χ3v) is 6.88. The average Bonchev–Trinajstić information content (AvgIpc) is 3.15. The van der Waals surface area contributed by atoms with E-state index in [0.717, 1.165) is 36.2 Å². The number of fused-ring (bicyclic) bond motifs is 1. The first-order valence-electron chi connectivity index (χ1n) is 10.6. The number of aromatic nitrogens is 1. The number of amides is 2. The Labute approximate surface area is 193 Å². The van der Waals surface area contributed by atoms with Gasteiger partial charge in [0.25, 0.3) is 5.91 Å². The van der Waals surface area contributed by atoms with Crippen molar-refractivity contribution in [2.75, 3.05) is 37.6 Å². The van der Waals surface area contributed by atoms with Gasteiger partial charge >= 0.3 is 6.18 Å². The molecule has 0 saturated carbocycles. The number of nitrogens with zero attached hydrogens (tertiary/aromatic N) is 3. The fourth-order valence-corrected chi connectivity index (χ4v) is 4.94. The van der Waals surface area contributed by atoms with Crippen molar-refractivity contribution in [2.24, 2.45) is 0 Å². The van der Waals surface area contributed by atoms with Crippen LogP contribution in [0.5, 0.6) is 0 Å². The lowest BCUT2D eigenvalue weighted by Crippen LogP contribution is -2.49. The molecule has 1 aliphatic rings. The molecule has 0 bridgehead atoms. The molecule has 2 aromatic heterocycles. The lowest BCUT2D eigenvalue weighted by molar-refractivity contribution is -0.141. The number of carbonyl (C=O) groups excluding carboxylic acids is 2. The topological polar surface area (TPSA) is 65.5 Å². The summed E-state index contributed by atoms with van der Waals surface area (Å²) in [7, 11) is 0. The second kappa shape index (κ2) is 9.38. The molecule has 4 rings (SSSR count). The second-order valence-electron chi connectivity index (χ2n) is 7.81. The number of para-hydroxylation sites is 1. The van der Waals surface area contributed by atoms with Gasteiger partial charge in [0.2, 0.25) is 5.91 Å². The maximum atomic E-state index is 12.9. The number of rotatable bonds is 5. The van der Waals surface area contributed by atoms with Crippen LogP contribution in [0.2, 0.25) is 0 Å². The minimum absolute atomic E-state index is 0.0347. The van der Waals surface area contributed by atoms with Crippen molar-refractivity contribution in [1.82, 2.24) is 15.2 Å². The summed E-state index contributed by atoms with van der Waals surface area (Å²) in [6, 6.07) is 12.3. The molecule has 1 fully saturated rings. The Hall–Kier alpha value is -3.14. The summed E-state index contributed by atoms with van der Waals surface area (Å²) < 4.78 is 38.7. The van der Waals surface area contributed by atoms with Gasteiger partial charge in [0, 0.05) is 50.2 Å². The molecule has 0 unspecified atom stereocenters. The third-order valence-electron chi connectivity index (χ3n) is 5.68. The summed E-state index contributed by atoms with van der Waals surface area (Å²) >= 11 is 0.923. The molecule has 33 heavy (non-hydrogen) atoms. The molecular formula is C23H23F3N4O2S. The number of nitrogens with one attached hydrogen (secondary N) is 1. The highest BCUT2D eigenvalue weighted by molar-refractivity contribution is 7.20. The zero-order valence-electron chi connectivity index (χ0n) is 18.0. The molecule has 2 amide bonds. The van der Waals surface area contributed by atoms with Crippen LogP contribution in [-0.4, -0.2) is 54.4 Å². The van der Waals surface area contributed by atoms with E-state index in [-0.39, 0.29) is 23.7 Å². The normalized spacial score (nSPS) is 14.5. The van der Waals surface area contributed by atoms with E-state index in [4.69, 9.17) is 0 Å². The molecule has 0 spiro atoms. The van der Waals surface area contributed by atoms with E-state index in [1.165, 1.54) is 6.07 Å². The summed E-state index contributed by atoms with van der Waals surface area (Å²) in [5.41, 5.74) is 0.727. The van der Waals surface area contributed by atoms with Crippen LogP contribution in [0.3, 0.4) is 0 Å². The number of anilines is 1. The van der Waals surface area contributed by atoms with Crippen molar-refractivity contribution >= 4 is 39.1 Å². The highest BCUT2D eigenvalue weighted by Gasteiger charge is 2.33. The van der Waals surface area contributed by atoms with Gasteiger partial charge in [0.1, 0.15) is 10.5 Å². The van der Waals surface area contributed by atoms with Gasteiger partial charge in [-0.25, -0.2) is 4.98 Å². The van der Waals surface area contributed by atoms with Gasteiger partial charge in [0.15, 0.2) is 0 Å². The van der Waals surface area contributed by atoms with E-state index in [9.17, 15) is 22.8 Å². The van der Waals surface area contributed by atoms with Crippen molar-refractivity contribution in [1.29, 1.82) is 0 Å². The zero-order chi connectivity index (χ0) is 23.6. The van der Waals surface area contributed by atoms with Gasteiger partial charge < -0.3 is 15.1 Å². The first-order valence-corrected chi connectivity index (χ1v) is 11.4. The Morgan fingerprint density at radius 1 is 1.06 bits per heavy atom. The predicted molar refractivity (Wildman–Crippen MR) is 122 cm³/mol. The molecule has 1 saturated heterocycles. The van der Waals surface area contributed by atoms with Crippen LogP contribution in [-0.2, 0) is 11.0 Å². The number of piperazine rings is 1. The Bertz CT molecular complexity index is 1160. The van der Waals surface area contributed by atoms with Gasteiger partial charge in [-0.3, -0.25) is 9.59 Å². The van der Waals surface area contributed by atoms with Crippen LogP contribution >= 0.6 is 11.3 Å². The number of hydrogen-bond acceptors (Lipinski definition) is 5. The summed E-state index contributed by atoms with van der Waals surface area (Å²) in [4.78, 5) is 33.3. The van der Waals surface area contributed by atoms with Crippen molar-refractivity contribution in [3.63, 3.8) is 0 Å². The van der Waals surface area contributed by atoms with Gasteiger partial charge in [-0.2, -0.15) is 13.2 Å². The van der Waals surface area contributed by atoms with Crippen molar-refractivity contribution < 1.29 is 22.8 Å². The number of hydrogen-bond donors (Lipinski definition) is 1. The lowest BCUT2D eigenvalue weighted by Gasteiger charge is -2.36. The number of thiophene rings is 1. The SMILES string of the molecule is Cc1c(C(=O)NCCC(=O)N2CCN(c3ccccc3)CC2)sc2nc(C(F)(F)F)ccc12. The number of carbonyl (C=O) groups is 2. The molecule has 0 atom stereocenters. The standard InChI is InChI=1S/C23H23F3N4O2S/c1-15-17-7-8-18(23(24,25)26)28-22(17)33-20(15)21(32)27-10-9-19(31)30-13-11-29(12-14-30)16-5-3-2-4-6-16/h2-8H,9-14H2,1H3,(H,27,32). The number of aryl methyl sites for hydroxylation is 1. The van der Waals surface area contributed by atoms with Crippen LogP contribution in [0.15, 0.2) is 42.5 Å². The van der Waals surface area contributed by atoms with E-state index in [1.54, 1.807) is 11.8 Å². The Kier molecular flexibility index (Phi) is 6.55. The largest absolute Gasteiger partial charge is 0.433 e. The quantitative estimate of drug-likeness (QED) is 0.603. The molecule has 1 aliphatic heterocycles. The third kappa shape index (κ3) is 5.11. The van der Waals surface area contributed by atoms with Gasteiger partial charge in [0.05, 0.1) is 4.88 Å². The average molecular weight is 477 g/mol. The van der Waals surface area contributed by atoms with Crippen LogP contribution in [0.1, 0.15) is 27.3 Å². The number of alkyl halides is 3. The molecule has 10 heteroatoms. The Balaban J connectivity index is 1.30. The van der Waals surface area contributed by atoms with Crippen LogP contribution < -0.4 is 10.2 Å². The number of pyridine rings is 1. The van der Waals surface area contributed by atoms with E-state index < -0.39 is 17.8 Å². The van der Waals surface area contributed by atoms with E-state index in [2.05, 4.69) is 15.2 Å². The fraction of sp³-hybridized carbons (Fsp3) is 0.348. The summed E-state index contributed by atoms with van der Waals surface area (Å²) in [6.45, 7) is 4.56. The predicted octanol–water partition coefficient (Wildman–Crippen LogP) is 4.09. The maximum absolute atomic E-state index is 12.9. The van der Waals surface area contributed by atoms with E-state index in [0.29, 0.717) is 28.9 Å². The molecule has 3 heterocycles. The van der Waals surface area contributed by atoms with Crippen molar-refractivity contribution in [3.8, 4) is 0 Å². The highest BCUT2D eigenvalue weighted by Crippen LogP contribution is 2.34. The summed E-state index contributed by atoms with van der Waals surface area (Å²) in [5.74, 6) is -0.446. The number of halogens is 3. The minimum atomic E-state index is -4.54. The monoisotopic (exact) mass is 476 g/mol. The van der Waals surface area contributed by atoms with Gasteiger partial charge in [-0.1, -0.05) is 18.2 Å². The van der Waals surface area contributed by atoms with Crippen LogP contribution in [0.25, 0.3) is 10.2 Å². The van der Waals surface area contributed by atoms with E-state index in [1.807, 2.05) is 30.3 Å². The highest BCUT2D eigenvalue weighted by atomic mass is 32.1. The molecule has 1 N–H and O–H groups in total. The zero-order valence-corrected chi connectivity index (χ0v) is 18.8. The van der Waals surface area contributed by atoms with E-state index >= 15 is 0 Å². The smallest absolute Gasteiger partial charge is 0.368 e. The van der Waals surface area contributed by atoms with Crippen molar-refractivity contribution in [3.05, 3.63) is 58.6 Å². The minimum Gasteiger partial charge on any atom is -0.368 e. The molecular weight excluding hydrogens is 453 g/mol. The second-order valence-corrected chi connectivity index (χ2v) is 8.81. The molecule has 174 valence electrons. The fourth-order valence-electron chi connectivity index (χ4n) is 3.85. The van der Waals surface area contributed by atoms with Gasteiger partial charge in [-0.05, 0) is 36.8 Å². The summed E-state index contributed by atoms with van der Waals surface area (Å²) in [5, 5.41) is 3.23. The molecule has 0 aliphatic carbocycles. The molecule has 6 nitrogen and oxygen atoms in total. The Morgan fingerprint density at radius 2 is 1.76 bits per heavy atom. The van der Waals surface area contributed by atoms with Gasteiger partial charge in [-0.15, -0.1) is 11.3 Å². The lowest BCUT2D eigenvalue weighted by atomic mass is 10.1. The summed E-state index contributed by atoms with van der Waals surface area (Å²) in [6.07, 6.45) is -4.38. The number of benzene rings is 1. The maximum Gasteiger partial charge on any atom is 0.433 e. The van der Waals surface area contributed by atoms with Crippen LogP contribution in [0.4, 0.5) is 18.9 Å². The first-order chi connectivity index (χ1) is 15.7. The van der Waals surface area contributed by atoms with Crippen molar-refractivity contribution in [2.45, 2.75) is 19.5 Å².